The van der Waals surface area contributed by atoms with Crippen molar-refractivity contribution in [2.75, 3.05) is 11.9 Å². The van der Waals surface area contributed by atoms with Crippen LogP contribution < -0.4 is 15.5 Å². The van der Waals surface area contributed by atoms with Gasteiger partial charge in [0.2, 0.25) is 0 Å². The van der Waals surface area contributed by atoms with Gasteiger partial charge in [-0.25, -0.2) is 5.43 Å². The zero-order valence-corrected chi connectivity index (χ0v) is 21.4. The minimum Gasteiger partial charge on any atom is -0.482 e. The second-order valence-corrected chi connectivity index (χ2v) is 9.74. The predicted octanol–water partition coefficient (Wildman–Crippen LogP) is 4.74. The fourth-order valence-corrected chi connectivity index (χ4v) is 5.05. The summed E-state index contributed by atoms with van der Waals surface area (Å²) < 4.78 is 7.54. The first kappa shape index (κ1) is 24.4. The summed E-state index contributed by atoms with van der Waals surface area (Å²) in [6.07, 6.45) is -0.0507. The number of halogens is 2. The first-order valence-electron chi connectivity index (χ1n) is 10.1. The maximum absolute atomic E-state index is 12.4. The van der Waals surface area contributed by atoms with Crippen molar-refractivity contribution >= 4 is 55.1 Å². The molecular weight excluding hydrogens is 542 g/mol. The minimum absolute atomic E-state index is 0.0507. The molecule has 0 unspecified atom stereocenters. The molecule has 3 rings (SSSR count). The number of anilines is 1. The molecule has 7 nitrogen and oxygen atoms in total. The number of carbonyl (C=O) groups excluding carboxylic acids is 2. The van der Waals surface area contributed by atoms with Crippen molar-refractivity contribution in [2.24, 2.45) is 5.10 Å². The number of nitrogens with zero attached hydrogens (tertiary/aromatic N) is 1. The summed E-state index contributed by atoms with van der Waals surface area (Å²) in [5, 5.41) is 17.6. The van der Waals surface area contributed by atoms with Crippen LogP contribution in [-0.2, 0) is 15.2 Å². The van der Waals surface area contributed by atoms with Gasteiger partial charge < -0.3 is 15.2 Å². The molecule has 0 aliphatic carbocycles. The van der Waals surface area contributed by atoms with Crippen LogP contribution in [0.4, 0.5) is 5.69 Å². The molecule has 32 heavy (non-hydrogen) atoms. The normalized spacial score (nSPS) is 17.9. The molecule has 0 radical (unpaired) electrons. The number of fused-ring (bicyclic) bond motifs is 1. The lowest BCUT2D eigenvalue weighted by molar-refractivity contribution is -0.132. The van der Waals surface area contributed by atoms with E-state index in [1.807, 2.05) is 26.8 Å². The van der Waals surface area contributed by atoms with E-state index >= 15 is 0 Å². The second kappa shape index (κ2) is 9.72. The molecule has 0 aromatic heterocycles. The molecule has 1 atom stereocenters. The van der Waals surface area contributed by atoms with E-state index in [9.17, 15) is 14.7 Å². The largest absolute Gasteiger partial charge is 0.482 e. The predicted molar refractivity (Wildman–Crippen MR) is 131 cm³/mol. The smallest absolute Gasteiger partial charge is 0.277 e. The van der Waals surface area contributed by atoms with Crippen LogP contribution in [0.25, 0.3) is 0 Å². The van der Waals surface area contributed by atoms with Crippen LogP contribution in [0.3, 0.4) is 0 Å². The van der Waals surface area contributed by atoms with E-state index in [0.29, 0.717) is 22.7 Å². The Balaban J connectivity index is 1.66. The van der Waals surface area contributed by atoms with Crippen LogP contribution in [0.5, 0.6) is 5.75 Å². The fourth-order valence-electron chi connectivity index (χ4n) is 3.63. The molecule has 0 saturated heterocycles. The van der Waals surface area contributed by atoms with Gasteiger partial charge in [0.15, 0.2) is 12.2 Å². The van der Waals surface area contributed by atoms with Gasteiger partial charge in [-0.3, -0.25) is 9.59 Å². The van der Waals surface area contributed by atoms with Gasteiger partial charge in [0, 0.05) is 33.4 Å². The lowest BCUT2D eigenvalue weighted by Gasteiger charge is -2.20. The molecular formula is C23H25Br2N3O4. The number of hydrogen-bond donors (Lipinski definition) is 3. The Hall–Kier alpha value is -2.23. The number of hydrogen-bond acceptors (Lipinski definition) is 5. The zero-order valence-electron chi connectivity index (χ0n) is 18.3. The average molecular weight is 567 g/mol. The Kier molecular flexibility index (Phi) is 7.42. The number of hydrazone groups is 1. The quantitative estimate of drug-likeness (QED) is 0.333. The number of nitrogens with one attached hydrogen (secondary N) is 2. The van der Waals surface area contributed by atoms with Crippen LogP contribution in [0, 0.1) is 6.92 Å². The van der Waals surface area contributed by atoms with Crippen molar-refractivity contribution in [3.8, 4) is 5.75 Å². The third kappa shape index (κ3) is 4.89. The highest BCUT2D eigenvalue weighted by Crippen LogP contribution is 2.41. The van der Waals surface area contributed by atoms with Gasteiger partial charge in [0.1, 0.15) is 5.75 Å². The summed E-state index contributed by atoms with van der Waals surface area (Å²) in [4.78, 5) is 24.7. The maximum Gasteiger partial charge on any atom is 0.277 e. The summed E-state index contributed by atoms with van der Waals surface area (Å²) >= 11 is 7.12. The highest BCUT2D eigenvalue weighted by molar-refractivity contribution is 9.11. The SMILES string of the molecule is C/C(C[C@@]1(O)C(=O)Nc2ccccc21)=N/NC(=O)COc1c(Br)c(C)cc(Br)c1C(C)C. The molecule has 2 amide bonds. The van der Waals surface area contributed by atoms with Gasteiger partial charge in [-0.15, -0.1) is 0 Å². The Morgan fingerprint density at radius 3 is 2.69 bits per heavy atom. The third-order valence-electron chi connectivity index (χ3n) is 5.20. The molecule has 1 aliphatic heterocycles. The minimum atomic E-state index is -1.73. The summed E-state index contributed by atoms with van der Waals surface area (Å²) in [6, 6.07) is 8.95. The molecule has 1 aliphatic rings. The number of ether oxygens (including phenoxy) is 1. The molecule has 3 N–H and O–H groups in total. The first-order valence-corrected chi connectivity index (χ1v) is 11.7. The van der Waals surface area contributed by atoms with Crippen LogP contribution in [-0.4, -0.2) is 29.2 Å². The highest BCUT2D eigenvalue weighted by Gasteiger charge is 2.45. The van der Waals surface area contributed by atoms with E-state index in [1.165, 1.54) is 0 Å². The Morgan fingerprint density at radius 1 is 1.31 bits per heavy atom. The van der Waals surface area contributed by atoms with Gasteiger partial charge in [-0.05, 0) is 53.4 Å². The highest BCUT2D eigenvalue weighted by atomic mass is 79.9. The topological polar surface area (TPSA) is 100 Å². The number of amides is 2. The Morgan fingerprint density at radius 2 is 2.00 bits per heavy atom. The van der Waals surface area contributed by atoms with E-state index in [1.54, 1.807) is 31.2 Å². The molecule has 170 valence electrons. The number of aryl methyl sites for hydroxylation is 1. The first-order chi connectivity index (χ1) is 15.0. The van der Waals surface area contributed by atoms with Crippen molar-refractivity contribution in [2.45, 2.75) is 45.6 Å². The van der Waals surface area contributed by atoms with Gasteiger partial charge >= 0.3 is 0 Å². The standard InChI is InChI=1S/C23H25Br2N3O4/c1-12(2)19-16(24)9-13(3)20(25)21(19)32-11-18(29)28-27-14(4)10-23(31)15-7-5-6-8-17(15)26-22(23)30/h5-9,12,31H,10-11H2,1-4H3,(H,26,30)(H,28,29)/b27-14-/t23-/m0/s1. The maximum atomic E-state index is 12.4. The molecule has 0 saturated carbocycles. The van der Waals surface area contributed by atoms with Crippen LogP contribution >= 0.6 is 31.9 Å². The monoisotopic (exact) mass is 565 g/mol. The molecule has 2 aromatic carbocycles. The average Bonchev–Trinajstić information content (AvgIpc) is 2.97. The van der Waals surface area contributed by atoms with E-state index < -0.39 is 17.4 Å². The van der Waals surface area contributed by atoms with Crippen LogP contribution in [0.2, 0.25) is 0 Å². The summed E-state index contributed by atoms with van der Waals surface area (Å²) in [6.45, 7) is 7.44. The van der Waals surface area contributed by atoms with Gasteiger partial charge in [-0.1, -0.05) is 48.0 Å². The molecule has 9 heteroatoms. The van der Waals surface area contributed by atoms with Crippen molar-refractivity contribution in [3.63, 3.8) is 0 Å². The van der Waals surface area contributed by atoms with E-state index in [-0.39, 0.29) is 18.9 Å². The van der Waals surface area contributed by atoms with Gasteiger partial charge in [0.05, 0.1) is 4.47 Å². The molecule has 0 spiro atoms. The van der Waals surface area contributed by atoms with E-state index in [2.05, 4.69) is 47.7 Å². The van der Waals surface area contributed by atoms with Crippen molar-refractivity contribution < 1.29 is 19.4 Å². The second-order valence-electron chi connectivity index (χ2n) is 8.09. The summed E-state index contributed by atoms with van der Waals surface area (Å²) in [5.41, 5.74) is 4.11. The number of benzene rings is 2. The lowest BCUT2D eigenvalue weighted by atomic mass is 9.90. The van der Waals surface area contributed by atoms with Crippen molar-refractivity contribution in [1.82, 2.24) is 5.43 Å². The summed E-state index contributed by atoms with van der Waals surface area (Å²) in [7, 11) is 0. The molecule has 2 aromatic rings. The lowest BCUT2D eigenvalue weighted by Crippen LogP contribution is -2.36. The molecule has 1 heterocycles. The fraction of sp³-hybridized carbons (Fsp3) is 0.348. The van der Waals surface area contributed by atoms with Crippen molar-refractivity contribution in [3.05, 3.63) is 56.0 Å². The molecule has 0 bridgehead atoms. The van der Waals surface area contributed by atoms with Gasteiger partial charge in [-0.2, -0.15) is 5.10 Å². The number of rotatable bonds is 7. The third-order valence-corrected chi connectivity index (χ3v) is 6.84. The molecule has 0 fully saturated rings. The van der Waals surface area contributed by atoms with Crippen LogP contribution in [0.1, 0.15) is 49.8 Å². The number of aliphatic hydroxyl groups is 1. The van der Waals surface area contributed by atoms with E-state index in [4.69, 9.17) is 4.74 Å². The van der Waals surface area contributed by atoms with Crippen molar-refractivity contribution in [1.29, 1.82) is 0 Å². The zero-order chi connectivity index (χ0) is 23.6. The van der Waals surface area contributed by atoms with Gasteiger partial charge in [0.25, 0.3) is 11.8 Å². The summed E-state index contributed by atoms with van der Waals surface area (Å²) in [5.74, 6) is -0.178. The number of carbonyl (C=O) groups is 2. The number of para-hydroxylation sites is 1. The van der Waals surface area contributed by atoms with Crippen LogP contribution in [0.15, 0.2) is 44.4 Å². The Bertz CT molecular complexity index is 1100. The Labute approximate surface area is 203 Å². The van der Waals surface area contributed by atoms with E-state index in [0.717, 1.165) is 20.1 Å².